The molecule has 3 heterocycles. The second kappa shape index (κ2) is 11.1. The molecular formula is C20H31IN6. The zero-order valence-electron chi connectivity index (χ0n) is 17.1. The van der Waals surface area contributed by atoms with E-state index in [9.17, 15) is 0 Å². The van der Waals surface area contributed by atoms with Gasteiger partial charge < -0.3 is 5.43 Å². The first kappa shape index (κ1) is 23.2. The predicted molar refractivity (Wildman–Crippen MR) is 126 cm³/mol. The van der Waals surface area contributed by atoms with Gasteiger partial charge in [-0.2, -0.15) is 5.10 Å². The summed E-state index contributed by atoms with van der Waals surface area (Å²) in [4.78, 5) is 4.24. The molecule has 0 unspecified atom stereocenters. The van der Waals surface area contributed by atoms with Crippen molar-refractivity contribution in [2.24, 2.45) is 7.05 Å². The second-order valence-corrected chi connectivity index (χ2v) is 6.51. The van der Waals surface area contributed by atoms with E-state index in [2.05, 4.69) is 66.1 Å². The molecule has 6 nitrogen and oxygen atoms in total. The first-order chi connectivity index (χ1) is 12.5. The molecular weight excluding hydrogens is 451 g/mol. The number of hydrogen-bond donors (Lipinski definition) is 2. The Morgan fingerprint density at radius 1 is 0.963 bits per heavy atom. The maximum Gasteiger partial charge on any atom is 0.157 e. The Morgan fingerprint density at radius 2 is 1.67 bits per heavy atom. The summed E-state index contributed by atoms with van der Waals surface area (Å²) in [5.41, 5.74) is 11.8. The molecule has 0 bridgehead atoms. The fourth-order valence-corrected chi connectivity index (χ4v) is 2.40. The highest BCUT2D eigenvalue weighted by Gasteiger charge is 2.12. The maximum absolute atomic E-state index is 4.24. The van der Waals surface area contributed by atoms with Crippen molar-refractivity contribution >= 4 is 46.4 Å². The Hall–Kier alpha value is -1.87. The molecule has 148 valence electrons. The fourth-order valence-electron chi connectivity index (χ4n) is 2.40. The van der Waals surface area contributed by atoms with Gasteiger partial charge in [-0.05, 0) is 43.2 Å². The van der Waals surface area contributed by atoms with Crippen LogP contribution in [-0.2, 0) is 7.05 Å². The van der Waals surface area contributed by atoms with E-state index in [1.807, 2.05) is 38.4 Å². The molecule has 0 aliphatic carbocycles. The van der Waals surface area contributed by atoms with Gasteiger partial charge in [-0.3, -0.25) is 9.69 Å². The number of pyridine rings is 1. The van der Waals surface area contributed by atoms with Crippen LogP contribution in [0.3, 0.4) is 0 Å². The molecule has 7 heteroatoms. The molecule has 2 aromatic heterocycles. The van der Waals surface area contributed by atoms with Crippen molar-refractivity contribution < 1.29 is 0 Å². The van der Waals surface area contributed by atoms with Crippen molar-refractivity contribution in [3.63, 3.8) is 0 Å². The van der Waals surface area contributed by atoms with E-state index in [4.69, 9.17) is 0 Å². The van der Waals surface area contributed by atoms with Crippen molar-refractivity contribution in [2.45, 2.75) is 40.5 Å². The van der Waals surface area contributed by atoms with Crippen LogP contribution in [0.25, 0.3) is 11.0 Å². The van der Waals surface area contributed by atoms with Crippen LogP contribution in [0.2, 0.25) is 0 Å². The van der Waals surface area contributed by atoms with Crippen LogP contribution in [0.4, 0.5) is 11.4 Å². The highest BCUT2D eigenvalue weighted by molar-refractivity contribution is 14.0. The van der Waals surface area contributed by atoms with Crippen LogP contribution in [0.1, 0.15) is 37.8 Å². The Bertz CT molecular complexity index is 844. The molecule has 1 aromatic carbocycles. The first-order valence-corrected chi connectivity index (χ1v) is 9.06. The van der Waals surface area contributed by atoms with E-state index in [0.29, 0.717) is 0 Å². The number of hydrogen-bond acceptors (Lipinski definition) is 5. The summed E-state index contributed by atoms with van der Waals surface area (Å²) in [6, 6.07) is 8.39. The van der Waals surface area contributed by atoms with E-state index >= 15 is 0 Å². The normalized spacial score (nSPS) is 11.4. The summed E-state index contributed by atoms with van der Waals surface area (Å²) in [5.74, 6) is 0. The molecule has 0 saturated carbocycles. The molecule has 0 amide bonds. The Labute approximate surface area is 179 Å². The lowest BCUT2D eigenvalue weighted by Crippen LogP contribution is -2.31. The van der Waals surface area contributed by atoms with Crippen LogP contribution >= 0.6 is 24.0 Å². The second-order valence-electron chi connectivity index (χ2n) is 6.51. The number of rotatable bonds is 1. The SMILES string of the molecule is CCCC.Cc1ccc2c(c1)NNN2C.Cc1cnc2c(cnn2C)c1.I. The number of anilines is 2. The van der Waals surface area contributed by atoms with Crippen LogP contribution in [0.5, 0.6) is 0 Å². The Morgan fingerprint density at radius 3 is 2.33 bits per heavy atom. The number of hydrazine groups is 2. The molecule has 27 heavy (non-hydrogen) atoms. The van der Waals surface area contributed by atoms with E-state index in [0.717, 1.165) is 16.7 Å². The third-order valence-electron chi connectivity index (χ3n) is 4.08. The fraction of sp³-hybridized carbons (Fsp3) is 0.400. The molecule has 0 atom stereocenters. The summed E-state index contributed by atoms with van der Waals surface area (Å²) in [7, 11) is 3.87. The Balaban J connectivity index is 0.000000220. The van der Waals surface area contributed by atoms with E-state index in [1.165, 1.54) is 29.7 Å². The molecule has 1 aliphatic heterocycles. The van der Waals surface area contributed by atoms with Crippen LogP contribution < -0.4 is 16.0 Å². The van der Waals surface area contributed by atoms with Gasteiger partial charge in [0.2, 0.25) is 0 Å². The van der Waals surface area contributed by atoms with Gasteiger partial charge in [0, 0.05) is 25.7 Å². The lowest BCUT2D eigenvalue weighted by Gasteiger charge is -2.08. The van der Waals surface area contributed by atoms with Gasteiger partial charge in [-0.15, -0.1) is 29.5 Å². The minimum Gasteiger partial charge on any atom is -0.302 e. The molecule has 4 rings (SSSR count). The quantitative estimate of drug-likeness (QED) is 0.480. The van der Waals surface area contributed by atoms with Crippen molar-refractivity contribution in [3.8, 4) is 0 Å². The van der Waals surface area contributed by atoms with Gasteiger partial charge in [0.1, 0.15) is 0 Å². The van der Waals surface area contributed by atoms with Gasteiger partial charge in [0.15, 0.2) is 5.65 Å². The number of aromatic nitrogens is 3. The van der Waals surface area contributed by atoms with Gasteiger partial charge in [-0.1, -0.05) is 32.8 Å². The number of nitrogens with zero attached hydrogens (tertiary/aromatic N) is 4. The average molecular weight is 482 g/mol. The molecule has 2 N–H and O–H groups in total. The number of benzene rings is 1. The first-order valence-electron chi connectivity index (χ1n) is 9.06. The molecule has 0 fully saturated rings. The molecule has 0 saturated heterocycles. The maximum atomic E-state index is 4.24. The molecule has 1 aliphatic rings. The molecule has 0 spiro atoms. The summed E-state index contributed by atoms with van der Waals surface area (Å²) in [5, 5.41) is 7.15. The monoisotopic (exact) mass is 482 g/mol. The zero-order valence-corrected chi connectivity index (χ0v) is 19.4. The molecule has 0 radical (unpaired) electrons. The van der Waals surface area contributed by atoms with Gasteiger partial charge >= 0.3 is 0 Å². The number of nitrogens with one attached hydrogen (secondary N) is 2. The van der Waals surface area contributed by atoms with Gasteiger partial charge in [0.25, 0.3) is 0 Å². The standard InChI is InChI=1S/C8H9N3.C8H11N3.C4H10.HI/c1-6-3-7-5-10-11(2)8(7)9-4-6;1-6-3-4-8-7(5-6)9-10-11(8)2;1-3-4-2;/h3-5H,1-2H3;3-5,9-10H,1-2H3;3-4H2,1-2H3;1H. The lowest BCUT2D eigenvalue weighted by molar-refractivity contribution is 0.786. The number of fused-ring (bicyclic) bond motifs is 2. The lowest BCUT2D eigenvalue weighted by atomic mass is 10.2. The Kier molecular flexibility index (Phi) is 9.51. The largest absolute Gasteiger partial charge is 0.302 e. The van der Waals surface area contributed by atoms with Crippen molar-refractivity contribution in [2.75, 3.05) is 17.5 Å². The summed E-state index contributed by atoms with van der Waals surface area (Å²) < 4.78 is 1.77. The third-order valence-corrected chi connectivity index (χ3v) is 4.08. The van der Waals surface area contributed by atoms with E-state index in [1.54, 1.807) is 4.68 Å². The minimum absolute atomic E-state index is 0. The molecule has 3 aromatic rings. The minimum atomic E-state index is 0. The number of halogens is 1. The van der Waals surface area contributed by atoms with E-state index in [-0.39, 0.29) is 24.0 Å². The van der Waals surface area contributed by atoms with Gasteiger partial charge in [-0.25, -0.2) is 4.98 Å². The van der Waals surface area contributed by atoms with Crippen LogP contribution in [0, 0.1) is 13.8 Å². The smallest absolute Gasteiger partial charge is 0.157 e. The highest BCUT2D eigenvalue weighted by Crippen LogP contribution is 2.28. The summed E-state index contributed by atoms with van der Waals surface area (Å²) in [6.07, 6.45) is 6.32. The van der Waals surface area contributed by atoms with E-state index < -0.39 is 0 Å². The third kappa shape index (κ3) is 6.35. The summed E-state index contributed by atoms with van der Waals surface area (Å²) in [6.45, 7) is 8.47. The zero-order chi connectivity index (χ0) is 19.1. The van der Waals surface area contributed by atoms with Crippen molar-refractivity contribution in [1.29, 1.82) is 0 Å². The number of unbranched alkanes of at least 4 members (excludes halogenated alkanes) is 1. The topological polar surface area (TPSA) is 58.0 Å². The number of aryl methyl sites for hydroxylation is 3. The predicted octanol–water partition coefficient (Wildman–Crippen LogP) is 4.98. The van der Waals surface area contributed by atoms with Gasteiger partial charge in [0.05, 0.1) is 17.6 Å². The summed E-state index contributed by atoms with van der Waals surface area (Å²) >= 11 is 0. The van der Waals surface area contributed by atoms with Crippen LogP contribution in [0.15, 0.2) is 36.7 Å². The van der Waals surface area contributed by atoms with Crippen molar-refractivity contribution in [1.82, 2.24) is 20.3 Å². The highest BCUT2D eigenvalue weighted by atomic mass is 127. The van der Waals surface area contributed by atoms with Crippen LogP contribution in [-0.4, -0.2) is 21.8 Å². The van der Waals surface area contributed by atoms with Crippen molar-refractivity contribution in [3.05, 3.63) is 47.8 Å². The average Bonchev–Trinajstić information content (AvgIpc) is 3.18.